The number of nitrogens with zero attached hydrogens (tertiary/aromatic N) is 1. The topological polar surface area (TPSA) is 78.5 Å². The van der Waals surface area contributed by atoms with Gasteiger partial charge < -0.3 is 10.2 Å². The van der Waals surface area contributed by atoms with E-state index in [-0.39, 0.29) is 16.5 Å². The normalized spacial score (nSPS) is 11.1. The number of aryl methyl sites for hydroxylation is 1. The molecule has 0 saturated carbocycles. The Labute approximate surface area is 175 Å². The molecule has 0 heterocycles. The number of nitrogens with one attached hydrogen (secondary N) is 2. The van der Waals surface area contributed by atoms with Crippen LogP contribution in [0.1, 0.15) is 15.9 Å². The van der Waals surface area contributed by atoms with Gasteiger partial charge in [-0.25, -0.2) is 12.8 Å². The number of rotatable bonds is 6. The Kier molecular flexibility index (Phi) is 6.07. The number of sulfonamides is 1. The first-order valence-electron chi connectivity index (χ1n) is 9.14. The van der Waals surface area contributed by atoms with Gasteiger partial charge in [-0.1, -0.05) is 18.2 Å². The summed E-state index contributed by atoms with van der Waals surface area (Å²) < 4.78 is 41.7. The maximum absolute atomic E-state index is 13.9. The summed E-state index contributed by atoms with van der Waals surface area (Å²) in [6.07, 6.45) is 0. The van der Waals surface area contributed by atoms with E-state index in [2.05, 4.69) is 10.0 Å². The molecule has 0 saturated heterocycles. The highest BCUT2D eigenvalue weighted by molar-refractivity contribution is 7.92. The van der Waals surface area contributed by atoms with Crippen molar-refractivity contribution in [2.45, 2.75) is 11.8 Å². The van der Waals surface area contributed by atoms with Crippen molar-refractivity contribution in [1.29, 1.82) is 0 Å². The minimum absolute atomic E-state index is 0.0495. The average molecular weight is 428 g/mol. The van der Waals surface area contributed by atoms with E-state index in [9.17, 15) is 17.6 Å². The molecule has 1 amide bonds. The highest BCUT2D eigenvalue weighted by Gasteiger charge is 2.20. The first kappa shape index (κ1) is 21.3. The van der Waals surface area contributed by atoms with Crippen molar-refractivity contribution in [3.63, 3.8) is 0 Å². The summed E-state index contributed by atoms with van der Waals surface area (Å²) in [6, 6.07) is 17.1. The number of hydrogen-bond acceptors (Lipinski definition) is 4. The molecule has 0 unspecified atom stereocenters. The van der Waals surface area contributed by atoms with Crippen LogP contribution >= 0.6 is 0 Å². The molecule has 0 radical (unpaired) electrons. The highest BCUT2D eigenvalue weighted by atomic mass is 32.2. The Morgan fingerprint density at radius 3 is 2.27 bits per heavy atom. The van der Waals surface area contributed by atoms with Crippen LogP contribution in [0.25, 0.3) is 0 Å². The molecule has 0 spiro atoms. The number of halogens is 1. The van der Waals surface area contributed by atoms with Gasteiger partial charge in [-0.3, -0.25) is 9.52 Å². The van der Waals surface area contributed by atoms with Crippen molar-refractivity contribution < 1.29 is 17.6 Å². The predicted molar refractivity (Wildman–Crippen MR) is 117 cm³/mol. The van der Waals surface area contributed by atoms with Crippen LogP contribution in [0, 0.1) is 12.7 Å². The van der Waals surface area contributed by atoms with E-state index in [0.717, 1.165) is 5.69 Å². The minimum Gasteiger partial charge on any atom is -0.378 e. The van der Waals surface area contributed by atoms with Crippen LogP contribution in [0.2, 0.25) is 0 Å². The summed E-state index contributed by atoms with van der Waals surface area (Å²) in [5, 5.41) is 2.70. The number of amides is 1. The van der Waals surface area contributed by atoms with Crippen LogP contribution in [0.5, 0.6) is 0 Å². The minimum atomic E-state index is -4.05. The van der Waals surface area contributed by atoms with Gasteiger partial charge in [0, 0.05) is 31.0 Å². The number of carbonyl (C=O) groups excluding carboxylic acids is 1. The molecule has 0 aromatic heterocycles. The monoisotopic (exact) mass is 427 g/mol. The van der Waals surface area contributed by atoms with E-state index in [4.69, 9.17) is 0 Å². The van der Waals surface area contributed by atoms with Crippen molar-refractivity contribution >= 4 is 33.0 Å². The average Bonchev–Trinajstić information content (AvgIpc) is 2.71. The van der Waals surface area contributed by atoms with Gasteiger partial charge >= 0.3 is 0 Å². The van der Waals surface area contributed by atoms with Gasteiger partial charge in [0.05, 0.1) is 10.6 Å². The maximum Gasteiger partial charge on any atom is 0.262 e. The van der Waals surface area contributed by atoms with Crippen molar-refractivity contribution in [2.75, 3.05) is 29.0 Å². The van der Waals surface area contributed by atoms with Gasteiger partial charge in [0.15, 0.2) is 0 Å². The third-order valence-corrected chi connectivity index (χ3v) is 6.01. The van der Waals surface area contributed by atoms with Crippen LogP contribution in [0.4, 0.5) is 21.5 Å². The summed E-state index contributed by atoms with van der Waals surface area (Å²) in [4.78, 5) is 14.4. The van der Waals surface area contributed by atoms with E-state index in [1.807, 2.05) is 31.1 Å². The largest absolute Gasteiger partial charge is 0.378 e. The first-order chi connectivity index (χ1) is 14.2. The smallest absolute Gasteiger partial charge is 0.262 e. The van der Waals surface area contributed by atoms with E-state index in [0.29, 0.717) is 16.8 Å². The van der Waals surface area contributed by atoms with E-state index in [1.54, 1.807) is 31.2 Å². The fourth-order valence-electron chi connectivity index (χ4n) is 2.83. The van der Waals surface area contributed by atoms with Crippen LogP contribution in [0.3, 0.4) is 0 Å². The van der Waals surface area contributed by atoms with Gasteiger partial charge in [0.2, 0.25) is 0 Å². The number of benzene rings is 3. The molecule has 3 aromatic rings. The summed E-state index contributed by atoms with van der Waals surface area (Å²) in [5.41, 5.74) is 2.03. The molecular formula is C22H22FN3O3S. The summed E-state index contributed by atoms with van der Waals surface area (Å²) in [6.45, 7) is 1.63. The van der Waals surface area contributed by atoms with Crippen LogP contribution in [0.15, 0.2) is 71.6 Å². The van der Waals surface area contributed by atoms with Crippen molar-refractivity contribution in [1.82, 2.24) is 0 Å². The Hall–Kier alpha value is -3.39. The molecule has 156 valence electrons. The molecule has 8 heteroatoms. The third-order valence-electron chi connectivity index (χ3n) is 4.50. The van der Waals surface area contributed by atoms with Gasteiger partial charge in [-0.05, 0) is 61.0 Å². The lowest BCUT2D eigenvalue weighted by Crippen LogP contribution is -2.17. The third kappa shape index (κ3) is 4.77. The number of hydrogen-bond donors (Lipinski definition) is 2. The molecule has 3 aromatic carbocycles. The zero-order valence-electron chi connectivity index (χ0n) is 16.8. The molecule has 0 fully saturated rings. The molecule has 0 aliphatic rings. The van der Waals surface area contributed by atoms with E-state index < -0.39 is 15.8 Å². The molecular weight excluding hydrogens is 405 g/mol. The van der Waals surface area contributed by atoms with Gasteiger partial charge in [0.1, 0.15) is 5.82 Å². The molecule has 0 aliphatic carbocycles. The predicted octanol–water partition coefficient (Wildman–Crippen LogP) is 4.25. The summed E-state index contributed by atoms with van der Waals surface area (Å²) in [5.74, 6) is -1.04. The molecule has 30 heavy (non-hydrogen) atoms. The lowest BCUT2D eigenvalue weighted by atomic mass is 10.1. The van der Waals surface area contributed by atoms with Gasteiger partial charge in [0.25, 0.3) is 15.9 Å². The Bertz CT molecular complexity index is 1180. The Morgan fingerprint density at radius 1 is 0.967 bits per heavy atom. The fraction of sp³-hybridized carbons (Fsp3) is 0.136. The first-order valence-corrected chi connectivity index (χ1v) is 10.6. The van der Waals surface area contributed by atoms with E-state index in [1.165, 1.54) is 30.3 Å². The molecule has 0 aliphatic heterocycles. The second-order valence-electron chi connectivity index (χ2n) is 6.96. The maximum atomic E-state index is 13.9. The second-order valence-corrected chi connectivity index (χ2v) is 8.61. The SMILES string of the molecule is Cc1ccc(NC(=O)c2ccc(N(C)C)cc2)cc1S(=O)(=O)Nc1ccccc1F. The fourth-order valence-corrected chi connectivity index (χ4v) is 4.16. The lowest BCUT2D eigenvalue weighted by Gasteiger charge is -2.14. The van der Waals surface area contributed by atoms with Crippen LogP contribution < -0.4 is 14.9 Å². The standard InChI is InChI=1S/C22H22FN3O3S/c1-15-8-11-17(24-22(27)16-9-12-18(13-10-16)26(2)3)14-21(15)30(28,29)25-20-7-5-4-6-19(20)23/h4-14,25H,1-3H3,(H,24,27). The van der Waals surface area contributed by atoms with Crippen molar-refractivity contribution in [2.24, 2.45) is 0 Å². The zero-order valence-corrected chi connectivity index (χ0v) is 17.6. The number of para-hydroxylation sites is 1. The lowest BCUT2D eigenvalue weighted by molar-refractivity contribution is 0.102. The van der Waals surface area contributed by atoms with Crippen molar-refractivity contribution in [3.05, 3.63) is 83.7 Å². The van der Waals surface area contributed by atoms with Crippen molar-refractivity contribution in [3.8, 4) is 0 Å². The van der Waals surface area contributed by atoms with Gasteiger partial charge in [-0.2, -0.15) is 0 Å². The number of carbonyl (C=O) groups is 1. The quantitative estimate of drug-likeness (QED) is 0.616. The zero-order chi connectivity index (χ0) is 21.9. The Morgan fingerprint density at radius 2 is 1.63 bits per heavy atom. The molecule has 0 bridgehead atoms. The van der Waals surface area contributed by atoms with Gasteiger partial charge in [-0.15, -0.1) is 0 Å². The van der Waals surface area contributed by atoms with E-state index >= 15 is 0 Å². The number of anilines is 3. The van der Waals surface area contributed by atoms with Crippen LogP contribution in [-0.2, 0) is 10.0 Å². The summed E-state index contributed by atoms with van der Waals surface area (Å²) in [7, 11) is -0.248. The highest BCUT2D eigenvalue weighted by Crippen LogP contribution is 2.24. The molecule has 3 rings (SSSR count). The molecule has 0 atom stereocenters. The molecule has 6 nitrogen and oxygen atoms in total. The second kappa shape index (κ2) is 8.54. The molecule has 2 N–H and O–H groups in total. The van der Waals surface area contributed by atoms with Crippen LogP contribution in [-0.4, -0.2) is 28.4 Å². The Balaban J connectivity index is 1.84. The summed E-state index contributed by atoms with van der Waals surface area (Å²) >= 11 is 0.